The molecule has 0 spiro atoms. The summed E-state index contributed by atoms with van der Waals surface area (Å²) in [6.07, 6.45) is 1.43. The Morgan fingerprint density at radius 1 is 1.48 bits per heavy atom. The van der Waals surface area contributed by atoms with Crippen molar-refractivity contribution in [2.45, 2.75) is 38.9 Å². The Morgan fingerprint density at radius 2 is 2.19 bits per heavy atom. The van der Waals surface area contributed by atoms with Crippen molar-refractivity contribution >= 4 is 24.2 Å². The molecular weight excluding hydrogens is 294 g/mol. The van der Waals surface area contributed by atoms with Crippen molar-refractivity contribution in [3.63, 3.8) is 0 Å². The summed E-state index contributed by atoms with van der Waals surface area (Å²) in [5.74, 6) is -0.219. The standard InChI is InChI=1S/C14H21N3O3.ClH/c1-9-11(3)17(7-6-15-9)14(19)10(2)16-13(18)12-5-4-8-20-12;/h4-5,8-11,15H,6-7H2,1-3H3,(H,16,18);1H. The van der Waals surface area contributed by atoms with Crippen LogP contribution in [0, 0.1) is 0 Å². The Morgan fingerprint density at radius 3 is 2.81 bits per heavy atom. The van der Waals surface area contributed by atoms with E-state index in [1.54, 1.807) is 19.1 Å². The molecule has 21 heavy (non-hydrogen) atoms. The zero-order chi connectivity index (χ0) is 14.7. The zero-order valence-corrected chi connectivity index (χ0v) is 13.3. The highest BCUT2D eigenvalue weighted by Gasteiger charge is 2.31. The molecule has 7 heteroatoms. The maximum Gasteiger partial charge on any atom is 0.287 e. The molecule has 2 amide bonds. The number of nitrogens with zero attached hydrogens (tertiary/aromatic N) is 1. The number of furan rings is 1. The summed E-state index contributed by atoms with van der Waals surface area (Å²) >= 11 is 0. The van der Waals surface area contributed by atoms with Gasteiger partial charge in [0, 0.05) is 25.2 Å². The number of halogens is 1. The molecule has 0 aliphatic carbocycles. The number of amides is 2. The van der Waals surface area contributed by atoms with Crippen molar-refractivity contribution in [3.05, 3.63) is 24.2 Å². The van der Waals surface area contributed by atoms with E-state index in [4.69, 9.17) is 4.42 Å². The van der Waals surface area contributed by atoms with E-state index in [9.17, 15) is 9.59 Å². The summed E-state index contributed by atoms with van der Waals surface area (Å²) in [5, 5.41) is 5.99. The number of hydrogen-bond donors (Lipinski definition) is 2. The van der Waals surface area contributed by atoms with Crippen LogP contribution in [0.15, 0.2) is 22.8 Å². The number of hydrogen-bond acceptors (Lipinski definition) is 4. The van der Waals surface area contributed by atoms with Gasteiger partial charge in [0.05, 0.1) is 6.26 Å². The van der Waals surface area contributed by atoms with Gasteiger partial charge in [-0.15, -0.1) is 12.4 Å². The highest BCUT2D eigenvalue weighted by molar-refractivity contribution is 5.95. The van der Waals surface area contributed by atoms with Crippen LogP contribution in [0.1, 0.15) is 31.3 Å². The van der Waals surface area contributed by atoms with E-state index in [2.05, 4.69) is 17.6 Å². The molecule has 1 aromatic heterocycles. The van der Waals surface area contributed by atoms with Crippen molar-refractivity contribution in [3.8, 4) is 0 Å². The highest BCUT2D eigenvalue weighted by Crippen LogP contribution is 2.11. The number of carbonyl (C=O) groups is 2. The van der Waals surface area contributed by atoms with Crippen molar-refractivity contribution in [2.24, 2.45) is 0 Å². The van der Waals surface area contributed by atoms with Gasteiger partial charge in [0.1, 0.15) is 6.04 Å². The number of piperazine rings is 1. The van der Waals surface area contributed by atoms with E-state index in [1.807, 2.05) is 11.8 Å². The molecule has 2 N–H and O–H groups in total. The minimum Gasteiger partial charge on any atom is -0.459 e. The van der Waals surface area contributed by atoms with Crippen LogP contribution < -0.4 is 10.6 Å². The molecule has 0 saturated carbocycles. The van der Waals surface area contributed by atoms with Crippen LogP contribution in [0.2, 0.25) is 0 Å². The molecule has 118 valence electrons. The van der Waals surface area contributed by atoms with E-state index < -0.39 is 6.04 Å². The summed E-state index contributed by atoms with van der Waals surface area (Å²) < 4.78 is 5.01. The van der Waals surface area contributed by atoms with E-state index in [0.717, 1.165) is 6.54 Å². The Labute approximate surface area is 130 Å². The van der Waals surface area contributed by atoms with Crippen LogP contribution in [-0.4, -0.2) is 47.9 Å². The van der Waals surface area contributed by atoms with Crippen LogP contribution in [-0.2, 0) is 4.79 Å². The average Bonchev–Trinajstić information content (AvgIpc) is 2.95. The molecule has 1 aliphatic rings. The first kappa shape index (κ1) is 17.5. The van der Waals surface area contributed by atoms with Crippen LogP contribution in [0.25, 0.3) is 0 Å². The Kier molecular flexibility index (Phi) is 6.23. The van der Waals surface area contributed by atoms with Gasteiger partial charge in [-0.1, -0.05) is 0 Å². The minimum atomic E-state index is -0.569. The number of carbonyl (C=O) groups excluding carboxylic acids is 2. The highest BCUT2D eigenvalue weighted by atomic mass is 35.5. The van der Waals surface area contributed by atoms with Crippen LogP contribution >= 0.6 is 12.4 Å². The molecule has 1 fully saturated rings. The first-order valence-electron chi connectivity index (χ1n) is 6.89. The van der Waals surface area contributed by atoms with E-state index in [-0.39, 0.29) is 42.1 Å². The van der Waals surface area contributed by atoms with Gasteiger partial charge in [0.2, 0.25) is 5.91 Å². The SMILES string of the molecule is CC(NC(=O)c1ccco1)C(=O)N1CCNC(C)C1C.Cl. The van der Waals surface area contributed by atoms with Gasteiger partial charge >= 0.3 is 0 Å². The molecule has 0 radical (unpaired) electrons. The van der Waals surface area contributed by atoms with Gasteiger partial charge in [0.15, 0.2) is 5.76 Å². The molecule has 6 nitrogen and oxygen atoms in total. The third-order valence-electron chi connectivity index (χ3n) is 3.78. The van der Waals surface area contributed by atoms with Gasteiger partial charge in [-0.3, -0.25) is 9.59 Å². The molecule has 2 rings (SSSR count). The predicted octanol–water partition coefficient (Wildman–Crippen LogP) is 1.03. The van der Waals surface area contributed by atoms with Crippen molar-refractivity contribution in [1.29, 1.82) is 0 Å². The molecule has 3 atom stereocenters. The number of rotatable bonds is 3. The third kappa shape index (κ3) is 3.98. The van der Waals surface area contributed by atoms with Gasteiger partial charge in [-0.25, -0.2) is 0 Å². The van der Waals surface area contributed by atoms with Crippen molar-refractivity contribution < 1.29 is 14.0 Å². The first-order chi connectivity index (χ1) is 9.50. The Hall–Kier alpha value is -1.53. The van der Waals surface area contributed by atoms with Crippen LogP contribution in [0.4, 0.5) is 0 Å². The second-order valence-electron chi connectivity index (χ2n) is 5.19. The lowest BCUT2D eigenvalue weighted by Crippen LogP contribution is -2.60. The van der Waals surface area contributed by atoms with Gasteiger partial charge in [-0.2, -0.15) is 0 Å². The second kappa shape index (κ2) is 7.47. The lowest BCUT2D eigenvalue weighted by Gasteiger charge is -2.39. The Bertz CT molecular complexity index is 478. The van der Waals surface area contributed by atoms with Crippen LogP contribution in [0.5, 0.6) is 0 Å². The summed E-state index contributed by atoms with van der Waals surface area (Å²) in [6, 6.07) is 3.00. The Balaban J connectivity index is 0.00000220. The molecule has 0 aromatic carbocycles. The summed E-state index contributed by atoms with van der Waals surface area (Å²) in [5.41, 5.74) is 0. The third-order valence-corrected chi connectivity index (χ3v) is 3.78. The lowest BCUT2D eigenvalue weighted by atomic mass is 10.1. The molecule has 1 aromatic rings. The predicted molar refractivity (Wildman–Crippen MR) is 81.5 cm³/mol. The van der Waals surface area contributed by atoms with Gasteiger partial charge in [0.25, 0.3) is 5.91 Å². The van der Waals surface area contributed by atoms with Gasteiger partial charge in [-0.05, 0) is 32.9 Å². The average molecular weight is 316 g/mol. The molecule has 0 bridgehead atoms. The minimum absolute atomic E-state index is 0. The van der Waals surface area contributed by atoms with Crippen LogP contribution in [0.3, 0.4) is 0 Å². The quantitative estimate of drug-likeness (QED) is 0.873. The molecule has 3 unspecified atom stereocenters. The fraction of sp³-hybridized carbons (Fsp3) is 0.571. The van der Waals surface area contributed by atoms with Gasteiger partial charge < -0.3 is 20.0 Å². The second-order valence-corrected chi connectivity index (χ2v) is 5.19. The molecule has 1 saturated heterocycles. The topological polar surface area (TPSA) is 74.6 Å². The van der Waals surface area contributed by atoms with Crippen molar-refractivity contribution in [1.82, 2.24) is 15.5 Å². The summed E-state index contributed by atoms with van der Waals surface area (Å²) in [7, 11) is 0. The molecule has 1 aliphatic heterocycles. The fourth-order valence-electron chi connectivity index (χ4n) is 2.35. The fourth-order valence-corrected chi connectivity index (χ4v) is 2.35. The summed E-state index contributed by atoms with van der Waals surface area (Å²) in [4.78, 5) is 26.1. The monoisotopic (exact) mass is 315 g/mol. The lowest BCUT2D eigenvalue weighted by molar-refractivity contribution is -0.136. The molecule has 2 heterocycles. The van der Waals surface area contributed by atoms with E-state index in [1.165, 1.54) is 6.26 Å². The normalized spacial score (nSPS) is 23.1. The summed E-state index contributed by atoms with van der Waals surface area (Å²) in [6.45, 7) is 7.19. The molecular formula is C14H22ClN3O3. The maximum atomic E-state index is 12.4. The van der Waals surface area contributed by atoms with Crippen molar-refractivity contribution in [2.75, 3.05) is 13.1 Å². The maximum absolute atomic E-state index is 12.4. The zero-order valence-electron chi connectivity index (χ0n) is 12.5. The smallest absolute Gasteiger partial charge is 0.287 e. The largest absolute Gasteiger partial charge is 0.459 e. The first-order valence-corrected chi connectivity index (χ1v) is 6.89. The van der Waals surface area contributed by atoms with E-state index >= 15 is 0 Å². The van der Waals surface area contributed by atoms with E-state index in [0.29, 0.717) is 6.54 Å². The number of nitrogens with one attached hydrogen (secondary N) is 2.